The zero-order chi connectivity index (χ0) is 20.7. The number of halogens is 1. The average Bonchev–Trinajstić information content (AvgIpc) is 3.04. The van der Waals surface area contributed by atoms with Gasteiger partial charge in [-0.1, -0.05) is 72.8 Å². The second kappa shape index (κ2) is 7.40. The third kappa shape index (κ3) is 2.88. The summed E-state index contributed by atoms with van der Waals surface area (Å²) in [6.45, 7) is 0. The quantitative estimate of drug-likeness (QED) is 0.377. The average molecular weight is 502 g/mol. The highest BCUT2D eigenvalue weighted by molar-refractivity contribution is 14.1. The summed E-state index contributed by atoms with van der Waals surface area (Å²) >= 11 is 2.46. The zero-order valence-corrected chi connectivity index (χ0v) is 18.6. The van der Waals surface area contributed by atoms with E-state index < -0.39 is 5.41 Å². The van der Waals surface area contributed by atoms with Gasteiger partial charge in [0, 0.05) is 3.58 Å². The second-order valence-electron chi connectivity index (χ2n) is 7.45. The molecule has 0 heterocycles. The van der Waals surface area contributed by atoms with Crippen LogP contribution in [-0.4, -0.2) is 12.9 Å². The molecule has 0 unspecified atom stereocenters. The van der Waals surface area contributed by atoms with E-state index in [1.165, 1.54) is 25.8 Å². The molecule has 0 bridgehead atoms. The molecule has 5 rings (SSSR count). The van der Waals surface area contributed by atoms with Crippen LogP contribution < -0.4 is 4.74 Å². The van der Waals surface area contributed by atoms with Gasteiger partial charge in [0.1, 0.15) is 5.75 Å². The van der Waals surface area contributed by atoms with E-state index in [2.05, 4.69) is 95.4 Å². The van der Waals surface area contributed by atoms with Gasteiger partial charge in [0.2, 0.25) is 0 Å². The lowest BCUT2D eigenvalue weighted by molar-refractivity contribution is -0.110. The fourth-order valence-corrected chi connectivity index (χ4v) is 5.64. The van der Waals surface area contributed by atoms with Crippen molar-refractivity contribution in [3.8, 4) is 16.9 Å². The Morgan fingerprint density at radius 1 is 0.767 bits per heavy atom. The molecule has 30 heavy (non-hydrogen) atoms. The summed E-state index contributed by atoms with van der Waals surface area (Å²) < 4.78 is 6.55. The molecule has 0 aliphatic heterocycles. The van der Waals surface area contributed by atoms with Crippen molar-refractivity contribution in [1.82, 2.24) is 0 Å². The zero-order valence-electron chi connectivity index (χ0n) is 16.4. The molecule has 0 saturated carbocycles. The predicted molar refractivity (Wildman–Crippen MR) is 131 cm³/mol. The second-order valence-corrected chi connectivity index (χ2v) is 8.53. The van der Waals surface area contributed by atoms with Gasteiger partial charge in [0.25, 0.3) is 0 Å². The first-order valence-electron chi connectivity index (χ1n) is 9.80. The van der Waals surface area contributed by atoms with Gasteiger partial charge in [-0.2, -0.15) is 0 Å². The number of carbonyl (C=O) groups is 1. The summed E-state index contributed by atoms with van der Waals surface area (Å²) in [5.74, 6) is 0.870. The maximum atomic E-state index is 12.0. The number of allylic oxidation sites excluding steroid dienone is 5. The lowest BCUT2D eigenvalue weighted by Gasteiger charge is -2.30. The van der Waals surface area contributed by atoms with Gasteiger partial charge in [-0.05, 0) is 80.3 Å². The van der Waals surface area contributed by atoms with Gasteiger partial charge in [0.05, 0.1) is 12.5 Å². The third-order valence-electron chi connectivity index (χ3n) is 5.86. The van der Waals surface area contributed by atoms with Crippen LogP contribution >= 0.6 is 22.6 Å². The normalized spacial score (nSPS) is 16.3. The molecule has 0 fully saturated rings. The molecule has 3 aromatic rings. The lowest BCUT2D eigenvalue weighted by atomic mass is 9.71. The third-order valence-corrected chi connectivity index (χ3v) is 6.98. The van der Waals surface area contributed by atoms with Crippen LogP contribution in [-0.2, 0) is 10.2 Å². The van der Waals surface area contributed by atoms with Crippen molar-refractivity contribution in [1.29, 1.82) is 0 Å². The number of benzene rings is 3. The van der Waals surface area contributed by atoms with Gasteiger partial charge >= 0.3 is 0 Å². The predicted octanol–water partition coefficient (Wildman–Crippen LogP) is 6.61. The van der Waals surface area contributed by atoms with E-state index in [-0.39, 0.29) is 5.78 Å². The standard InChI is InChI=1S/C27H19IO2/c1-30-20-12-10-18(11-13-20)21-6-2-3-7-22(21)25-26(28)23-8-4-5-9-24(23)27(25)16-14-19(29)15-17-27/h2-17H,1H3. The molecular formula is C27H19IO2. The lowest BCUT2D eigenvalue weighted by Crippen LogP contribution is -2.23. The van der Waals surface area contributed by atoms with Crippen molar-refractivity contribution >= 4 is 37.5 Å². The molecule has 0 radical (unpaired) electrons. The molecule has 146 valence electrons. The number of methoxy groups -OCH3 is 1. The first-order chi connectivity index (χ1) is 14.6. The van der Waals surface area contributed by atoms with E-state index in [4.69, 9.17) is 4.74 Å². The molecule has 0 aromatic heterocycles. The Labute approximate surface area is 189 Å². The highest BCUT2D eigenvalue weighted by atomic mass is 127. The van der Waals surface area contributed by atoms with Crippen LogP contribution in [0.3, 0.4) is 0 Å². The van der Waals surface area contributed by atoms with Crippen molar-refractivity contribution in [2.24, 2.45) is 0 Å². The van der Waals surface area contributed by atoms with E-state index in [0.717, 1.165) is 16.9 Å². The van der Waals surface area contributed by atoms with Crippen LogP contribution in [0, 0.1) is 0 Å². The SMILES string of the molecule is COc1ccc(-c2ccccc2C2=C(I)c3ccccc3C23C=CC(=O)C=C3)cc1. The molecule has 0 N–H and O–H groups in total. The van der Waals surface area contributed by atoms with Crippen molar-refractivity contribution < 1.29 is 9.53 Å². The summed E-state index contributed by atoms with van der Waals surface area (Å²) in [6.07, 6.45) is 7.50. The number of ketones is 1. The molecule has 2 nitrogen and oxygen atoms in total. The van der Waals surface area contributed by atoms with Crippen molar-refractivity contribution in [2.75, 3.05) is 7.11 Å². The molecule has 0 saturated heterocycles. The molecular weight excluding hydrogens is 483 g/mol. The van der Waals surface area contributed by atoms with E-state index >= 15 is 0 Å². The Hall–Kier alpha value is -2.92. The maximum absolute atomic E-state index is 12.0. The minimum absolute atomic E-state index is 0.0304. The Bertz CT molecular complexity index is 1230. The molecule has 1 spiro atoms. The summed E-state index contributed by atoms with van der Waals surface area (Å²) in [7, 11) is 1.68. The Morgan fingerprint density at radius 2 is 1.37 bits per heavy atom. The number of ether oxygens (including phenoxy) is 1. The fourth-order valence-electron chi connectivity index (χ4n) is 4.44. The Kier molecular flexibility index (Phi) is 4.70. The monoisotopic (exact) mass is 502 g/mol. The molecule has 2 aliphatic rings. The molecule has 3 aromatic carbocycles. The molecule has 0 amide bonds. The van der Waals surface area contributed by atoms with Crippen LogP contribution in [0.2, 0.25) is 0 Å². The van der Waals surface area contributed by atoms with E-state index in [9.17, 15) is 4.79 Å². The number of fused-ring (bicyclic) bond motifs is 2. The summed E-state index contributed by atoms with van der Waals surface area (Å²) in [5.41, 5.74) is 6.69. The summed E-state index contributed by atoms with van der Waals surface area (Å²) in [5, 5.41) is 0. The minimum atomic E-state index is -0.441. The number of hydrogen-bond donors (Lipinski definition) is 0. The van der Waals surface area contributed by atoms with Gasteiger partial charge in [-0.25, -0.2) is 0 Å². The molecule has 0 atom stereocenters. The number of hydrogen-bond acceptors (Lipinski definition) is 2. The van der Waals surface area contributed by atoms with Crippen molar-refractivity contribution in [3.63, 3.8) is 0 Å². The highest BCUT2D eigenvalue weighted by Gasteiger charge is 2.43. The van der Waals surface area contributed by atoms with Crippen LogP contribution in [0.4, 0.5) is 0 Å². The van der Waals surface area contributed by atoms with Gasteiger partial charge in [0.15, 0.2) is 5.78 Å². The minimum Gasteiger partial charge on any atom is -0.497 e. The van der Waals surface area contributed by atoms with Crippen LogP contribution in [0.5, 0.6) is 5.75 Å². The Balaban J connectivity index is 1.76. The molecule has 2 aliphatic carbocycles. The smallest absolute Gasteiger partial charge is 0.178 e. The molecule has 3 heteroatoms. The topological polar surface area (TPSA) is 26.3 Å². The summed E-state index contributed by atoms with van der Waals surface area (Å²) in [4.78, 5) is 12.0. The van der Waals surface area contributed by atoms with Crippen molar-refractivity contribution in [3.05, 3.63) is 114 Å². The van der Waals surface area contributed by atoms with E-state index in [0.29, 0.717) is 0 Å². The first-order valence-corrected chi connectivity index (χ1v) is 10.9. The van der Waals surface area contributed by atoms with Gasteiger partial charge < -0.3 is 4.74 Å². The highest BCUT2D eigenvalue weighted by Crippen LogP contribution is 2.57. The first kappa shape index (κ1) is 19.1. The van der Waals surface area contributed by atoms with Crippen LogP contribution in [0.15, 0.2) is 97.1 Å². The van der Waals surface area contributed by atoms with E-state index in [1.54, 1.807) is 19.3 Å². The Morgan fingerprint density at radius 3 is 2.03 bits per heavy atom. The van der Waals surface area contributed by atoms with Crippen LogP contribution in [0.1, 0.15) is 16.7 Å². The number of carbonyl (C=O) groups excluding carboxylic acids is 1. The van der Waals surface area contributed by atoms with Crippen LogP contribution in [0.25, 0.3) is 20.3 Å². The fraction of sp³-hybridized carbons (Fsp3) is 0.0741. The van der Waals surface area contributed by atoms with Gasteiger partial charge in [-0.15, -0.1) is 0 Å². The summed E-state index contributed by atoms with van der Waals surface area (Å²) in [6, 6.07) is 25.1. The maximum Gasteiger partial charge on any atom is 0.178 e. The van der Waals surface area contributed by atoms with E-state index in [1.807, 2.05) is 12.1 Å². The van der Waals surface area contributed by atoms with Gasteiger partial charge in [-0.3, -0.25) is 4.79 Å². The number of rotatable bonds is 3. The largest absolute Gasteiger partial charge is 0.497 e. The van der Waals surface area contributed by atoms with Crippen molar-refractivity contribution in [2.45, 2.75) is 5.41 Å².